The number of rotatable bonds is 3. The first-order valence-electron chi connectivity index (χ1n) is 5.94. The maximum absolute atomic E-state index is 9.40. The van der Waals surface area contributed by atoms with Crippen molar-refractivity contribution < 1.29 is 5.11 Å². The molecule has 0 saturated heterocycles. The number of aromatic hydroxyl groups is 1. The molecule has 1 aromatic carbocycles. The smallest absolute Gasteiger partial charge is 0.134 e. The van der Waals surface area contributed by atoms with Crippen molar-refractivity contribution in [3.05, 3.63) is 65.4 Å². The van der Waals surface area contributed by atoms with Crippen LogP contribution in [0.15, 0.2) is 55.0 Å². The molecule has 0 aliphatic rings. The lowest BCUT2D eigenvalue weighted by molar-refractivity contribution is 0.472. The zero-order valence-corrected chi connectivity index (χ0v) is 11.0. The fourth-order valence-corrected chi connectivity index (χ4v) is 2.83. The quantitative estimate of drug-likeness (QED) is 0.790. The first-order valence-corrected chi connectivity index (χ1v) is 6.76. The molecule has 0 bridgehead atoms. The van der Waals surface area contributed by atoms with E-state index in [1.165, 1.54) is 6.20 Å². The lowest BCUT2D eigenvalue weighted by atomic mass is 10.2. The SMILES string of the molecule is Oc1cncc(Cc2cnc(-c3ccccc3)s2)c1. The molecule has 0 spiro atoms. The van der Waals surface area contributed by atoms with E-state index in [1.54, 1.807) is 23.6 Å². The van der Waals surface area contributed by atoms with Crippen molar-refractivity contribution >= 4 is 11.3 Å². The van der Waals surface area contributed by atoms with E-state index < -0.39 is 0 Å². The molecule has 0 atom stereocenters. The van der Waals surface area contributed by atoms with Gasteiger partial charge in [0, 0.05) is 29.3 Å². The number of hydrogen-bond donors (Lipinski definition) is 1. The number of hydrogen-bond acceptors (Lipinski definition) is 4. The predicted molar refractivity (Wildman–Crippen MR) is 76.3 cm³/mol. The van der Waals surface area contributed by atoms with E-state index in [0.29, 0.717) is 0 Å². The second kappa shape index (κ2) is 5.20. The Bertz CT molecular complexity index is 679. The third kappa shape index (κ3) is 2.80. The average Bonchev–Trinajstić information content (AvgIpc) is 2.88. The topological polar surface area (TPSA) is 46.0 Å². The molecular formula is C15H12N2OS. The molecule has 4 heteroatoms. The molecular weight excluding hydrogens is 256 g/mol. The summed E-state index contributed by atoms with van der Waals surface area (Å²) < 4.78 is 0. The van der Waals surface area contributed by atoms with Gasteiger partial charge >= 0.3 is 0 Å². The fraction of sp³-hybridized carbons (Fsp3) is 0.0667. The molecule has 0 aliphatic carbocycles. The van der Waals surface area contributed by atoms with E-state index in [2.05, 4.69) is 22.1 Å². The lowest BCUT2D eigenvalue weighted by Gasteiger charge is -1.98. The molecule has 0 amide bonds. The second-order valence-electron chi connectivity index (χ2n) is 4.23. The molecule has 0 fully saturated rings. The first kappa shape index (κ1) is 11.9. The van der Waals surface area contributed by atoms with Gasteiger partial charge in [0.15, 0.2) is 0 Å². The second-order valence-corrected chi connectivity index (χ2v) is 5.34. The highest BCUT2D eigenvalue weighted by Crippen LogP contribution is 2.26. The van der Waals surface area contributed by atoms with Gasteiger partial charge in [0.25, 0.3) is 0 Å². The summed E-state index contributed by atoms with van der Waals surface area (Å²) in [5.41, 5.74) is 2.12. The number of pyridine rings is 1. The van der Waals surface area contributed by atoms with Crippen LogP contribution in [-0.4, -0.2) is 15.1 Å². The molecule has 3 rings (SSSR count). The van der Waals surface area contributed by atoms with E-state index in [-0.39, 0.29) is 5.75 Å². The van der Waals surface area contributed by atoms with Gasteiger partial charge in [0.2, 0.25) is 0 Å². The maximum atomic E-state index is 9.40. The summed E-state index contributed by atoms with van der Waals surface area (Å²) in [6, 6.07) is 11.9. The Balaban J connectivity index is 1.82. The van der Waals surface area contributed by atoms with Crippen molar-refractivity contribution in [3.8, 4) is 16.3 Å². The van der Waals surface area contributed by atoms with Crippen molar-refractivity contribution in [2.24, 2.45) is 0 Å². The highest BCUT2D eigenvalue weighted by Gasteiger charge is 2.05. The normalized spacial score (nSPS) is 10.5. The summed E-state index contributed by atoms with van der Waals surface area (Å²) in [4.78, 5) is 9.58. The number of aromatic nitrogens is 2. The minimum absolute atomic E-state index is 0.199. The molecule has 1 N–H and O–H groups in total. The predicted octanol–water partition coefficient (Wildman–Crippen LogP) is 3.50. The van der Waals surface area contributed by atoms with Crippen LogP contribution >= 0.6 is 11.3 Å². The number of thiazole rings is 1. The van der Waals surface area contributed by atoms with Crippen LogP contribution in [0.4, 0.5) is 0 Å². The third-order valence-corrected chi connectivity index (χ3v) is 3.78. The molecule has 0 unspecified atom stereocenters. The Morgan fingerprint density at radius 2 is 1.89 bits per heavy atom. The van der Waals surface area contributed by atoms with Crippen molar-refractivity contribution in [2.75, 3.05) is 0 Å². The van der Waals surface area contributed by atoms with Crippen molar-refractivity contribution in [2.45, 2.75) is 6.42 Å². The molecule has 3 aromatic rings. The van der Waals surface area contributed by atoms with Gasteiger partial charge in [-0.1, -0.05) is 30.3 Å². The van der Waals surface area contributed by atoms with Crippen LogP contribution in [0.3, 0.4) is 0 Å². The van der Waals surface area contributed by atoms with Crippen molar-refractivity contribution in [3.63, 3.8) is 0 Å². The Labute approximate surface area is 115 Å². The van der Waals surface area contributed by atoms with Crippen LogP contribution in [-0.2, 0) is 6.42 Å². The molecule has 19 heavy (non-hydrogen) atoms. The van der Waals surface area contributed by atoms with Crippen molar-refractivity contribution in [1.29, 1.82) is 0 Å². The van der Waals surface area contributed by atoms with Crippen molar-refractivity contribution in [1.82, 2.24) is 9.97 Å². The molecule has 3 nitrogen and oxygen atoms in total. The zero-order valence-electron chi connectivity index (χ0n) is 10.2. The molecule has 94 valence electrons. The third-order valence-electron chi connectivity index (χ3n) is 2.73. The summed E-state index contributed by atoms with van der Waals surface area (Å²) >= 11 is 1.67. The molecule has 0 saturated carbocycles. The maximum Gasteiger partial charge on any atom is 0.134 e. The Morgan fingerprint density at radius 1 is 1.05 bits per heavy atom. The van der Waals surface area contributed by atoms with Gasteiger partial charge in [-0.05, 0) is 11.6 Å². The van der Waals surface area contributed by atoms with E-state index >= 15 is 0 Å². The molecule has 2 heterocycles. The van der Waals surface area contributed by atoms with Gasteiger partial charge in [-0.15, -0.1) is 11.3 Å². The van der Waals surface area contributed by atoms with Crippen LogP contribution in [0.2, 0.25) is 0 Å². The summed E-state index contributed by atoms with van der Waals surface area (Å²) in [5.74, 6) is 0.199. The van der Waals surface area contributed by atoms with Gasteiger partial charge in [0.1, 0.15) is 10.8 Å². The number of benzene rings is 1. The average molecular weight is 268 g/mol. The van der Waals surface area contributed by atoms with Gasteiger partial charge in [-0.25, -0.2) is 4.98 Å². The Morgan fingerprint density at radius 3 is 2.68 bits per heavy atom. The summed E-state index contributed by atoms with van der Waals surface area (Å²) in [6.45, 7) is 0. The summed E-state index contributed by atoms with van der Waals surface area (Å²) in [5, 5.41) is 10.4. The van der Waals surface area contributed by atoms with Gasteiger partial charge < -0.3 is 5.11 Å². The molecule has 2 aromatic heterocycles. The van der Waals surface area contributed by atoms with Crippen LogP contribution in [0.25, 0.3) is 10.6 Å². The number of nitrogens with zero attached hydrogens (tertiary/aromatic N) is 2. The molecule has 0 radical (unpaired) electrons. The van der Waals surface area contributed by atoms with Gasteiger partial charge in [-0.2, -0.15) is 0 Å². The van der Waals surface area contributed by atoms with Gasteiger partial charge in [0.05, 0.1) is 6.20 Å². The first-order chi connectivity index (χ1) is 9.31. The fourth-order valence-electron chi connectivity index (χ4n) is 1.88. The monoisotopic (exact) mass is 268 g/mol. The molecule has 0 aliphatic heterocycles. The minimum atomic E-state index is 0.199. The Kier molecular flexibility index (Phi) is 3.25. The minimum Gasteiger partial charge on any atom is -0.506 e. The highest BCUT2D eigenvalue weighted by atomic mass is 32.1. The highest BCUT2D eigenvalue weighted by molar-refractivity contribution is 7.15. The van der Waals surface area contributed by atoms with E-state index in [4.69, 9.17) is 0 Å². The van der Waals surface area contributed by atoms with E-state index in [0.717, 1.165) is 27.4 Å². The standard InChI is InChI=1S/C15H12N2OS/c18-13-6-11(8-16-9-13)7-14-10-17-15(19-14)12-4-2-1-3-5-12/h1-6,8-10,18H,7H2. The van der Waals surface area contributed by atoms with Gasteiger partial charge in [-0.3, -0.25) is 4.98 Å². The van der Waals surface area contributed by atoms with E-state index in [9.17, 15) is 5.11 Å². The largest absolute Gasteiger partial charge is 0.506 e. The summed E-state index contributed by atoms with van der Waals surface area (Å²) in [7, 11) is 0. The lowest BCUT2D eigenvalue weighted by Crippen LogP contribution is -1.85. The Hall–Kier alpha value is -2.20. The van der Waals surface area contributed by atoms with Crippen LogP contribution in [0.5, 0.6) is 5.75 Å². The van der Waals surface area contributed by atoms with Crippen LogP contribution in [0.1, 0.15) is 10.4 Å². The summed E-state index contributed by atoms with van der Waals surface area (Å²) in [6.07, 6.45) is 5.83. The van der Waals surface area contributed by atoms with E-state index in [1.807, 2.05) is 24.4 Å². The zero-order chi connectivity index (χ0) is 13.1. The van der Waals surface area contributed by atoms with Crippen LogP contribution < -0.4 is 0 Å². The van der Waals surface area contributed by atoms with Crippen LogP contribution in [0, 0.1) is 0 Å².